The maximum atomic E-state index is 14.0. The number of halogens is 3. The van der Waals surface area contributed by atoms with Gasteiger partial charge in [0.05, 0.1) is 4.47 Å². The molecule has 2 aliphatic heterocycles. The molecule has 2 amide bonds. The summed E-state index contributed by atoms with van der Waals surface area (Å²) in [6.07, 6.45) is 0.492. The van der Waals surface area contributed by atoms with Gasteiger partial charge in [-0.2, -0.15) is 0 Å². The molecular weight excluding hydrogens is 450 g/mol. The third kappa shape index (κ3) is 5.18. The molecule has 1 aromatic rings. The van der Waals surface area contributed by atoms with Crippen LogP contribution in [-0.4, -0.2) is 59.2 Å². The van der Waals surface area contributed by atoms with Gasteiger partial charge in [0.15, 0.2) is 17.7 Å². The molecule has 0 aliphatic carbocycles. The second-order valence-corrected chi connectivity index (χ2v) is 9.18. The van der Waals surface area contributed by atoms with E-state index in [1.165, 1.54) is 0 Å². The van der Waals surface area contributed by atoms with Gasteiger partial charge in [-0.1, -0.05) is 0 Å². The first-order valence-electron chi connectivity index (χ1n) is 9.65. The van der Waals surface area contributed by atoms with Crippen LogP contribution in [0.1, 0.15) is 40.0 Å². The van der Waals surface area contributed by atoms with Gasteiger partial charge >= 0.3 is 6.09 Å². The number of piperidine rings is 1. The van der Waals surface area contributed by atoms with Crippen molar-refractivity contribution in [1.82, 2.24) is 9.80 Å². The summed E-state index contributed by atoms with van der Waals surface area (Å²) in [5.74, 6) is -1.89. The van der Waals surface area contributed by atoms with Crippen LogP contribution in [0, 0.1) is 11.6 Å². The van der Waals surface area contributed by atoms with E-state index in [0.29, 0.717) is 38.9 Å². The lowest BCUT2D eigenvalue weighted by Crippen LogP contribution is -2.49. The van der Waals surface area contributed by atoms with Crippen LogP contribution in [0.4, 0.5) is 13.6 Å². The largest absolute Gasteiger partial charge is 0.477 e. The predicted molar refractivity (Wildman–Crippen MR) is 106 cm³/mol. The lowest BCUT2D eigenvalue weighted by molar-refractivity contribution is -0.136. The van der Waals surface area contributed by atoms with Gasteiger partial charge in [-0.05, 0) is 55.6 Å². The summed E-state index contributed by atoms with van der Waals surface area (Å²) in [5.41, 5.74) is -0.550. The zero-order chi connectivity index (χ0) is 21.3. The monoisotopic (exact) mass is 474 g/mol. The fourth-order valence-electron chi connectivity index (χ4n) is 3.58. The number of rotatable bonds is 3. The lowest BCUT2D eigenvalue weighted by atomic mass is 10.0. The van der Waals surface area contributed by atoms with Crippen molar-refractivity contribution in [2.45, 2.75) is 57.8 Å². The number of ether oxygens (including phenoxy) is 2. The Bertz CT molecular complexity index is 791. The van der Waals surface area contributed by atoms with Gasteiger partial charge in [-0.25, -0.2) is 13.6 Å². The van der Waals surface area contributed by atoms with Crippen LogP contribution < -0.4 is 4.74 Å². The van der Waals surface area contributed by atoms with Crippen LogP contribution in [0.3, 0.4) is 0 Å². The minimum Gasteiger partial charge on any atom is -0.477 e. The van der Waals surface area contributed by atoms with Crippen molar-refractivity contribution in [2.24, 2.45) is 0 Å². The zero-order valence-electron chi connectivity index (χ0n) is 16.7. The molecule has 0 spiro atoms. The SMILES string of the molecule is CC(C)(C)OC(=O)N1CCC(N2CCC(Oc3cc(F)c(Br)cc3F)C2=O)CC1. The van der Waals surface area contributed by atoms with Gasteiger partial charge in [0, 0.05) is 38.2 Å². The molecular formula is C20H25BrF2N2O4. The Hall–Kier alpha value is -1.90. The number of hydrogen-bond acceptors (Lipinski definition) is 4. The average Bonchev–Trinajstić information content (AvgIpc) is 2.99. The number of carbonyl (C=O) groups excluding carboxylic acids is 2. The molecule has 1 aromatic carbocycles. The first kappa shape index (κ1) is 21.8. The number of likely N-dealkylation sites (tertiary alicyclic amines) is 2. The van der Waals surface area contributed by atoms with Gasteiger partial charge in [0.1, 0.15) is 11.4 Å². The first-order valence-corrected chi connectivity index (χ1v) is 10.4. The Kier molecular flexibility index (Phi) is 6.36. The minimum absolute atomic E-state index is 0.00141. The summed E-state index contributed by atoms with van der Waals surface area (Å²) in [6, 6.07) is 1.91. The molecule has 0 saturated carbocycles. The highest BCUT2D eigenvalue weighted by Crippen LogP contribution is 2.29. The van der Waals surface area contributed by atoms with Gasteiger partial charge in [0.2, 0.25) is 0 Å². The normalized spacial score (nSPS) is 20.9. The average molecular weight is 475 g/mol. The van der Waals surface area contributed by atoms with Crippen molar-refractivity contribution in [3.05, 3.63) is 28.2 Å². The van der Waals surface area contributed by atoms with E-state index < -0.39 is 23.3 Å². The van der Waals surface area contributed by atoms with Crippen molar-refractivity contribution in [1.29, 1.82) is 0 Å². The van der Waals surface area contributed by atoms with Crippen LogP contribution in [-0.2, 0) is 9.53 Å². The van der Waals surface area contributed by atoms with E-state index in [4.69, 9.17) is 9.47 Å². The standard InChI is InChI=1S/C20H25BrF2N2O4/c1-20(2,3)29-19(27)24-7-4-12(5-8-24)25-9-6-16(18(25)26)28-17-11-14(22)13(21)10-15(17)23/h10-12,16H,4-9H2,1-3H3. The number of nitrogens with zero attached hydrogens (tertiary/aromatic N) is 2. The van der Waals surface area contributed by atoms with E-state index in [1.807, 2.05) is 20.8 Å². The Labute approximate surface area is 177 Å². The van der Waals surface area contributed by atoms with Crippen LogP contribution in [0.15, 0.2) is 16.6 Å². The van der Waals surface area contributed by atoms with Crippen LogP contribution in [0.2, 0.25) is 0 Å². The van der Waals surface area contributed by atoms with Crippen LogP contribution >= 0.6 is 15.9 Å². The Morgan fingerprint density at radius 3 is 2.38 bits per heavy atom. The lowest BCUT2D eigenvalue weighted by Gasteiger charge is -2.37. The molecule has 1 unspecified atom stereocenters. The van der Waals surface area contributed by atoms with E-state index in [2.05, 4.69) is 15.9 Å². The summed E-state index contributed by atoms with van der Waals surface area (Å²) in [6.45, 7) is 6.95. The van der Waals surface area contributed by atoms with E-state index in [9.17, 15) is 18.4 Å². The van der Waals surface area contributed by atoms with Crippen LogP contribution in [0.5, 0.6) is 5.75 Å². The summed E-state index contributed by atoms with van der Waals surface area (Å²) in [5, 5.41) is 0. The summed E-state index contributed by atoms with van der Waals surface area (Å²) >= 11 is 2.91. The Balaban J connectivity index is 1.56. The number of carbonyl (C=O) groups is 2. The van der Waals surface area contributed by atoms with Crippen molar-refractivity contribution >= 4 is 27.9 Å². The van der Waals surface area contributed by atoms with Gasteiger partial charge in [-0.15, -0.1) is 0 Å². The first-order chi connectivity index (χ1) is 13.5. The third-order valence-corrected chi connectivity index (χ3v) is 5.60. The van der Waals surface area contributed by atoms with Gasteiger partial charge < -0.3 is 19.3 Å². The molecule has 9 heteroatoms. The fourth-order valence-corrected chi connectivity index (χ4v) is 3.90. The second-order valence-electron chi connectivity index (χ2n) is 8.32. The number of amides is 2. The molecule has 0 radical (unpaired) electrons. The minimum atomic E-state index is -0.839. The molecule has 0 N–H and O–H groups in total. The van der Waals surface area contributed by atoms with E-state index in [-0.39, 0.29) is 28.3 Å². The fraction of sp³-hybridized carbons (Fsp3) is 0.600. The molecule has 2 fully saturated rings. The molecule has 6 nitrogen and oxygen atoms in total. The van der Waals surface area contributed by atoms with Gasteiger partial charge in [-0.3, -0.25) is 4.79 Å². The predicted octanol–water partition coefficient (Wildman–Crippen LogP) is 4.11. The molecule has 0 aromatic heterocycles. The third-order valence-electron chi connectivity index (χ3n) is 4.99. The molecule has 1 atom stereocenters. The summed E-state index contributed by atoms with van der Waals surface area (Å²) in [7, 11) is 0. The van der Waals surface area contributed by atoms with Crippen molar-refractivity contribution in [3.63, 3.8) is 0 Å². The second kappa shape index (κ2) is 8.45. The highest BCUT2D eigenvalue weighted by atomic mass is 79.9. The van der Waals surface area contributed by atoms with E-state index in [1.54, 1.807) is 9.80 Å². The van der Waals surface area contributed by atoms with E-state index >= 15 is 0 Å². The Morgan fingerprint density at radius 1 is 1.10 bits per heavy atom. The number of hydrogen-bond donors (Lipinski definition) is 0. The van der Waals surface area contributed by atoms with Crippen LogP contribution in [0.25, 0.3) is 0 Å². The van der Waals surface area contributed by atoms with E-state index in [0.717, 1.165) is 12.1 Å². The van der Waals surface area contributed by atoms with Gasteiger partial charge in [0.25, 0.3) is 5.91 Å². The number of benzene rings is 1. The smallest absolute Gasteiger partial charge is 0.410 e. The summed E-state index contributed by atoms with van der Waals surface area (Å²) in [4.78, 5) is 28.3. The van der Waals surface area contributed by atoms with Crippen molar-refractivity contribution < 1.29 is 27.8 Å². The molecule has 2 saturated heterocycles. The highest BCUT2D eigenvalue weighted by molar-refractivity contribution is 9.10. The van der Waals surface area contributed by atoms with Crippen molar-refractivity contribution in [3.8, 4) is 5.75 Å². The molecule has 2 aliphatic rings. The quantitative estimate of drug-likeness (QED) is 0.618. The maximum absolute atomic E-state index is 14.0. The van der Waals surface area contributed by atoms with Crippen molar-refractivity contribution in [2.75, 3.05) is 19.6 Å². The molecule has 29 heavy (non-hydrogen) atoms. The topological polar surface area (TPSA) is 59.1 Å². The highest BCUT2D eigenvalue weighted by Gasteiger charge is 2.39. The maximum Gasteiger partial charge on any atom is 0.410 e. The molecule has 160 valence electrons. The Morgan fingerprint density at radius 2 is 1.76 bits per heavy atom. The molecule has 2 heterocycles. The zero-order valence-corrected chi connectivity index (χ0v) is 18.3. The molecule has 0 bridgehead atoms. The summed E-state index contributed by atoms with van der Waals surface area (Å²) < 4.78 is 38.5. The molecule has 3 rings (SSSR count).